The number of pyridine rings is 1. The minimum absolute atomic E-state index is 0.114. The molecule has 0 atom stereocenters. The molecule has 0 aliphatic carbocycles. The van der Waals surface area contributed by atoms with E-state index in [1.165, 1.54) is 25.7 Å². The molecule has 0 saturated heterocycles. The number of fused-ring (bicyclic) bond motifs is 4. The summed E-state index contributed by atoms with van der Waals surface area (Å²) in [5.41, 5.74) is 8.30. The molecule has 5 nitrogen and oxygen atoms in total. The predicted molar refractivity (Wildman–Crippen MR) is 279 cm³/mol. The van der Waals surface area contributed by atoms with Gasteiger partial charge in [0.1, 0.15) is 24.0 Å². The van der Waals surface area contributed by atoms with Crippen molar-refractivity contribution in [3.63, 3.8) is 0 Å². The smallest absolute Gasteiger partial charge is 0.137 e. The van der Waals surface area contributed by atoms with E-state index < -0.39 is 17.2 Å². The lowest BCUT2D eigenvalue weighted by Crippen LogP contribution is -2.25. The van der Waals surface area contributed by atoms with Gasteiger partial charge in [0.05, 0.1) is 26.5 Å². The number of aromatic nitrogens is 2. The van der Waals surface area contributed by atoms with Gasteiger partial charge in [-0.1, -0.05) is 145 Å². The minimum atomic E-state index is -1.59. The molecule has 65 heavy (non-hydrogen) atoms. The van der Waals surface area contributed by atoms with Crippen molar-refractivity contribution in [2.75, 3.05) is 16.5 Å². The van der Waals surface area contributed by atoms with Gasteiger partial charge in [-0.25, -0.2) is 4.98 Å². The van der Waals surface area contributed by atoms with Gasteiger partial charge >= 0.3 is 0 Å². The average Bonchev–Trinajstić information content (AvgIpc) is 3.82. The molecule has 1 aliphatic rings. The SMILES string of the molecule is [2H]c1c(N2CN(c3cccc(Oc4ccc5c6c(C([2H])([2H])C(C)C)c(CCCCCCCC)ccc6n(-c6cc(C(C)(C)C)ccn6)c5c4)c3)c3ccccc32)c([2H])c(C(C)(C)C)c([2H])c1C(C)(C)C. The molecule has 8 rings (SSSR count). The molecule has 3 heterocycles. The highest BCUT2D eigenvalue weighted by Gasteiger charge is 2.31. The lowest BCUT2D eigenvalue weighted by molar-refractivity contribution is 0.483. The van der Waals surface area contributed by atoms with Crippen LogP contribution in [0.3, 0.4) is 0 Å². The third-order valence-electron chi connectivity index (χ3n) is 12.7. The second-order valence-corrected chi connectivity index (χ2v) is 21.5. The van der Waals surface area contributed by atoms with Gasteiger partial charge in [-0.15, -0.1) is 0 Å². The van der Waals surface area contributed by atoms with E-state index in [-0.39, 0.29) is 29.5 Å². The molecule has 0 unspecified atom stereocenters. The van der Waals surface area contributed by atoms with Gasteiger partial charge in [-0.2, -0.15) is 0 Å². The van der Waals surface area contributed by atoms with Crippen LogP contribution in [0.25, 0.3) is 27.6 Å². The van der Waals surface area contributed by atoms with Crippen LogP contribution in [-0.2, 0) is 29.0 Å². The van der Waals surface area contributed by atoms with Crippen LogP contribution in [0.1, 0.15) is 156 Å². The number of aryl methyl sites for hydroxylation is 1. The van der Waals surface area contributed by atoms with Crippen LogP contribution in [0.2, 0.25) is 0 Å². The van der Waals surface area contributed by atoms with Gasteiger partial charge in [-0.05, 0) is 136 Å². The number of benzene rings is 5. The van der Waals surface area contributed by atoms with E-state index in [2.05, 4.69) is 90.6 Å². The lowest BCUT2D eigenvalue weighted by atomic mass is 9.80. The van der Waals surface area contributed by atoms with E-state index in [1.54, 1.807) is 0 Å². The molecule has 5 aromatic carbocycles. The predicted octanol–water partition coefficient (Wildman–Crippen LogP) is 17.2. The van der Waals surface area contributed by atoms with E-state index in [9.17, 15) is 6.85 Å². The summed E-state index contributed by atoms with van der Waals surface area (Å²) in [6.45, 7) is 25.5. The van der Waals surface area contributed by atoms with Crippen molar-refractivity contribution >= 4 is 44.6 Å². The summed E-state index contributed by atoms with van der Waals surface area (Å²) >= 11 is 0. The van der Waals surface area contributed by atoms with Crippen molar-refractivity contribution in [2.24, 2.45) is 5.92 Å². The highest BCUT2D eigenvalue weighted by atomic mass is 16.5. The maximum Gasteiger partial charge on any atom is 0.137 e. The van der Waals surface area contributed by atoms with Crippen LogP contribution in [0.5, 0.6) is 11.5 Å². The first-order valence-electron chi connectivity index (χ1n) is 26.6. The van der Waals surface area contributed by atoms with Crippen molar-refractivity contribution in [3.05, 3.63) is 143 Å². The first-order chi connectivity index (χ1) is 32.9. The van der Waals surface area contributed by atoms with E-state index in [4.69, 9.17) is 9.72 Å². The summed E-state index contributed by atoms with van der Waals surface area (Å²) in [6, 6.07) is 31.7. The monoisotopic (exact) mass is 872 g/mol. The zero-order chi connectivity index (χ0) is 50.7. The summed E-state index contributed by atoms with van der Waals surface area (Å²) in [4.78, 5) is 9.25. The van der Waals surface area contributed by atoms with Crippen LogP contribution >= 0.6 is 0 Å². The first-order valence-corrected chi connectivity index (χ1v) is 24.1. The number of nitrogens with zero attached hydrogens (tertiary/aromatic N) is 4. The molecule has 0 radical (unpaired) electrons. The highest BCUT2D eigenvalue weighted by Crippen LogP contribution is 2.47. The molecular formula is C60H74N4O. The Morgan fingerprint density at radius 2 is 1.29 bits per heavy atom. The molecule has 7 aromatic rings. The molecule has 0 bridgehead atoms. The van der Waals surface area contributed by atoms with Crippen LogP contribution in [0.4, 0.5) is 22.7 Å². The first kappa shape index (κ1) is 39.8. The van der Waals surface area contributed by atoms with Gasteiger partial charge in [0.15, 0.2) is 0 Å². The third-order valence-corrected chi connectivity index (χ3v) is 12.7. The Morgan fingerprint density at radius 3 is 1.95 bits per heavy atom. The molecule has 5 heteroatoms. The number of ether oxygens (including phenoxy) is 1. The molecule has 0 spiro atoms. The number of anilines is 4. The van der Waals surface area contributed by atoms with E-state index in [1.807, 2.05) is 104 Å². The Balaban J connectivity index is 1.23. The fourth-order valence-corrected chi connectivity index (χ4v) is 9.02. The summed E-state index contributed by atoms with van der Waals surface area (Å²) < 4.78 is 56.9. The molecule has 0 fully saturated rings. The second-order valence-electron chi connectivity index (χ2n) is 21.5. The fourth-order valence-electron chi connectivity index (χ4n) is 9.02. The Morgan fingerprint density at radius 1 is 0.646 bits per heavy atom. The quantitative estimate of drug-likeness (QED) is 0.102. The largest absolute Gasteiger partial charge is 0.457 e. The zero-order valence-electron chi connectivity index (χ0n) is 46.2. The Hall–Kier alpha value is -5.55. The molecule has 2 aromatic heterocycles. The van der Waals surface area contributed by atoms with Gasteiger partial charge < -0.3 is 14.5 Å². The standard InChI is InChI=1S/C60H74N4O/c1-13-14-15-16-17-18-22-42-27-30-54-57(51(42)33-41(2)3)50-29-28-49(39-55(50)64(54)56-37-43(31-32-61-56)58(4,5)6)65-48-24-21-23-46(38-48)62-40-63(53-26-20-19-25-52(53)62)47-35-44(59(7,8)9)34-45(36-47)60(10,11)12/h19-21,23-32,34-39,41H,13-18,22,33,40H2,1-12H3/i33D2,34D,35D,36D. The topological polar surface area (TPSA) is 33.5 Å². The molecule has 1 aliphatic heterocycles. The second kappa shape index (κ2) is 18.4. The summed E-state index contributed by atoms with van der Waals surface area (Å²) in [7, 11) is 0. The maximum atomic E-state index is 9.69. The van der Waals surface area contributed by atoms with Crippen molar-refractivity contribution < 1.29 is 11.6 Å². The summed E-state index contributed by atoms with van der Waals surface area (Å²) in [5.74, 6) is 1.81. The van der Waals surface area contributed by atoms with E-state index in [0.717, 1.165) is 80.6 Å². The Kier molecular flexibility index (Phi) is 11.2. The number of unbranched alkanes of at least 4 members (excludes halogenated alkanes) is 5. The highest BCUT2D eigenvalue weighted by molar-refractivity contribution is 6.11. The van der Waals surface area contributed by atoms with Crippen LogP contribution in [-0.4, -0.2) is 16.2 Å². The van der Waals surface area contributed by atoms with Gasteiger partial charge in [0.25, 0.3) is 0 Å². The fraction of sp³-hybridized carbons (Fsp3) is 0.417. The summed E-state index contributed by atoms with van der Waals surface area (Å²) in [5, 5.41) is 1.89. The van der Waals surface area contributed by atoms with Crippen molar-refractivity contribution in [1.82, 2.24) is 9.55 Å². The van der Waals surface area contributed by atoms with Gasteiger partial charge in [0.2, 0.25) is 0 Å². The third kappa shape index (κ3) is 9.86. The normalized spacial score (nSPS) is 14.8. The van der Waals surface area contributed by atoms with Crippen LogP contribution < -0.4 is 14.5 Å². The Labute approximate surface area is 397 Å². The van der Waals surface area contributed by atoms with E-state index >= 15 is 0 Å². The maximum absolute atomic E-state index is 9.69. The van der Waals surface area contributed by atoms with Gasteiger partial charge in [0, 0.05) is 43.2 Å². The minimum Gasteiger partial charge on any atom is -0.457 e. The van der Waals surface area contributed by atoms with Gasteiger partial charge in [-0.3, -0.25) is 4.57 Å². The van der Waals surface area contributed by atoms with Crippen molar-refractivity contribution in [3.8, 4) is 17.3 Å². The molecule has 0 N–H and O–H groups in total. The molecule has 0 amide bonds. The molecule has 0 saturated carbocycles. The van der Waals surface area contributed by atoms with E-state index in [0.29, 0.717) is 35.0 Å². The van der Waals surface area contributed by atoms with Crippen LogP contribution in [0.15, 0.2) is 115 Å². The molecular weight excluding hydrogens is 793 g/mol. The zero-order valence-corrected chi connectivity index (χ0v) is 41.2. The number of hydrogen-bond donors (Lipinski definition) is 0. The molecule has 340 valence electrons. The average molecular weight is 872 g/mol. The number of hydrogen-bond acceptors (Lipinski definition) is 4. The van der Waals surface area contributed by atoms with Crippen LogP contribution in [0, 0.1) is 5.92 Å². The number of para-hydroxylation sites is 2. The Bertz CT molecular complexity index is 3020. The summed E-state index contributed by atoms with van der Waals surface area (Å²) in [6.07, 6.45) is 8.18. The lowest BCUT2D eigenvalue weighted by Gasteiger charge is -2.29. The van der Waals surface area contributed by atoms with Crippen molar-refractivity contribution in [1.29, 1.82) is 0 Å². The number of rotatable bonds is 14. The van der Waals surface area contributed by atoms with Crippen molar-refractivity contribution in [2.45, 2.75) is 151 Å².